The largest absolute Gasteiger partial charge is 0.382 e. The van der Waals surface area contributed by atoms with Crippen molar-refractivity contribution in [1.82, 2.24) is 0 Å². The minimum Gasteiger partial charge on any atom is -0.382 e. The minimum atomic E-state index is 0.0741. The van der Waals surface area contributed by atoms with Gasteiger partial charge in [0.2, 0.25) is 0 Å². The zero-order chi connectivity index (χ0) is 15.1. The fourth-order valence-electron chi connectivity index (χ4n) is 2.50. The van der Waals surface area contributed by atoms with Crippen LogP contribution >= 0.6 is 0 Å². The molecule has 21 heavy (non-hydrogen) atoms. The Balaban J connectivity index is 2.26. The SMILES string of the molecule is CCCC(CC)Nc1ccccc1C(=O)c1ccccc1. The van der Waals surface area contributed by atoms with Crippen molar-refractivity contribution >= 4 is 11.5 Å². The average molecular weight is 281 g/mol. The highest BCUT2D eigenvalue weighted by Crippen LogP contribution is 2.21. The molecule has 2 aromatic carbocycles. The first-order valence-electron chi connectivity index (χ1n) is 7.71. The van der Waals surface area contributed by atoms with Gasteiger partial charge in [0.25, 0.3) is 0 Å². The number of carbonyl (C=O) groups is 1. The van der Waals surface area contributed by atoms with Crippen LogP contribution in [0.5, 0.6) is 0 Å². The molecule has 2 heteroatoms. The van der Waals surface area contributed by atoms with Gasteiger partial charge in [-0.3, -0.25) is 4.79 Å². The summed E-state index contributed by atoms with van der Waals surface area (Å²) in [5.74, 6) is 0.0741. The Morgan fingerprint density at radius 2 is 1.67 bits per heavy atom. The molecule has 1 unspecified atom stereocenters. The van der Waals surface area contributed by atoms with E-state index in [-0.39, 0.29) is 5.78 Å². The molecule has 2 aromatic rings. The highest BCUT2D eigenvalue weighted by molar-refractivity contribution is 6.12. The van der Waals surface area contributed by atoms with E-state index in [1.54, 1.807) is 0 Å². The van der Waals surface area contributed by atoms with Crippen LogP contribution in [0.3, 0.4) is 0 Å². The molecule has 0 aromatic heterocycles. The Bertz CT molecular complexity index is 577. The van der Waals surface area contributed by atoms with Gasteiger partial charge in [-0.05, 0) is 25.0 Å². The lowest BCUT2D eigenvalue weighted by molar-refractivity contribution is 0.103. The van der Waals surface area contributed by atoms with Gasteiger partial charge in [-0.15, -0.1) is 0 Å². The summed E-state index contributed by atoms with van der Waals surface area (Å²) >= 11 is 0. The molecule has 0 heterocycles. The lowest BCUT2D eigenvalue weighted by atomic mass is 10.0. The molecule has 0 bridgehead atoms. The number of anilines is 1. The summed E-state index contributed by atoms with van der Waals surface area (Å²) in [6.07, 6.45) is 3.31. The van der Waals surface area contributed by atoms with E-state index in [9.17, 15) is 4.79 Å². The van der Waals surface area contributed by atoms with E-state index in [1.165, 1.54) is 0 Å². The summed E-state index contributed by atoms with van der Waals surface area (Å²) in [6.45, 7) is 4.36. The number of para-hydroxylation sites is 1. The Morgan fingerprint density at radius 1 is 1.00 bits per heavy atom. The molecule has 0 aliphatic rings. The molecule has 110 valence electrons. The third kappa shape index (κ3) is 3.94. The molecule has 0 saturated carbocycles. The maximum atomic E-state index is 12.7. The zero-order valence-corrected chi connectivity index (χ0v) is 12.8. The number of carbonyl (C=O) groups excluding carboxylic acids is 1. The van der Waals surface area contributed by atoms with Gasteiger partial charge in [-0.2, -0.15) is 0 Å². The van der Waals surface area contributed by atoms with Gasteiger partial charge in [-0.1, -0.05) is 62.7 Å². The quantitative estimate of drug-likeness (QED) is 0.731. The molecule has 0 spiro atoms. The van der Waals surface area contributed by atoms with Gasteiger partial charge in [0.1, 0.15) is 0 Å². The monoisotopic (exact) mass is 281 g/mol. The fourth-order valence-corrected chi connectivity index (χ4v) is 2.50. The topological polar surface area (TPSA) is 29.1 Å². The summed E-state index contributed by atoms with van der Waals surface area (Å²) in [4.78, 5) is 12.7. The second-order valence-electron chi connectivity index (χ2n) is 5.28. The molecule has 0 aliphatic carbocycles. The first-order valence-corrected chi connectivity index (χ1v) is 7.71. The number of ketones is 1. The van der Waals surface area contributed by atoms with E-state index in [0.717, 1.165) is 36.1 Å². The van der Waals surface area contributed by atoms with Gasteiger partial charge >= 0.3 is 0 Å². The predicted molar refractivity (Wildman–Crippen MR) is 88.9 cm³/mol. The third-order valence-corrected chi connectivity index (χ3v) is 3.70. The van der Waals surface area contributed by atoms with E-state index in [1.807, 2.05) is 54.6 Å². The first-order chi connectivity index (χ1) is 10.3. The normalized spacial score (nSPS) is 11.9. The summed E-state index contributed by atoms with van der Waals surface area (Å²) < 4.78 is 0. The third-order valence-electron chi connectivity index (χ3n) is 3.70. The van der Waals surface area contributed by atoms with Crippen molar-refractivity contribution in [2.24, 2.45) is 0 Å². The Kier molecular flexibility index (Phi) is 5.56. The van der Waals surface area contributed by atoms with Crippen LogP contribution in [0.25, 0.3) is 0 Å². The van der Waals surface area contributed by atoms with Crippen LogP contribution in [0.15, 0.2) is 54.6 Å². The molecule has 1 atom stereocenters. The van der Waals surface area contributed by atoms with Crippen LogP contribution in [0.2, 0.25) is 0 Å². The van der Waals surface area contributed by atoms with Crippen LogP contribution in [0.4, 0.5) is 5.69 Å². The first kappa shape index (κ1) is 15.3. The molecule has 2 nitrogen and oxygen atoms in total. The maximum Gasteiger partial charge on any atom is 0.195 e. The maximum absolute atomic E-state index is 12.7. The number of hydrogen-bond acceptors (Lipinski definition) is 2. The molecule has 0 saturated heterocycles. The standard InChI is InChI=1S/C19H23NO/c1-3-10-16(4-2)20-18-14-9-8-13-17(18)19(21)15-11-6-5-7-12-15/h5-9,11-14,16,20H,3-4,10H2,1-2H3. The van der Waals surface area contributed by atoms with Crippen molar-refractivity contribution in [2.75, 3.05) is 5.32 Å². The zero-order valence-electron chi connectivity index (χ0n) is 12.8. The van der Waals surface area contributed by atoms with Crippen LogP contribution in [-0.4, -0.2) is 11.8 Å². The second-order valence-corrected chi connectivity index (χ2v) is 5.28. The smallest absolute Gasteiger partial charge is 0.195 e. The molecule has 1 N–H and O–H groups in total. The Morgan fingerprint density at radius 3 is 2.33 bits per heavy atom. The molecule has 0 amide bonds. The van der Waals surface area contributed by atoms with Gasteiger partial charge in [0, 0.05) is 22.9 Å². The molecule has 0 fully saturated rings. The van der Waals surface area contributed by atoms with E-state index < -0.39 is 0 Å². The average Bonchev–Trinajstić information content (AvgIpc) is 2.55. The van der Waals surface area contributed by atoms with Crippen molar-refractivity contribution in [3.8, 4) is 0 Å². The van der Waals surface area contributed by atoms with Crippen molar-refractivity contribution in [1.29, 1.82) is 0 Å². The van der Waals surface area contributed by atoms with Gasteiger partial charge in [0.05, 0.1) is 0 Å². The Labute approximate surface area is 127 Å². The molecule has 0 aliphatic heterocycles. The molecule has 0 radical (unpaired) electrons. The Hall–Kier alpha value is -2.09. The van der Waals surface area contributed by atoms with Crippen LogP contribution < -0.4 is 5.32 Å². The highest BCUT2D eigenvalue weighted by Gasteiger charge is 2.14. The van der Waals surface area contributed by atoms with Gasteiger partial charge < -0.3 is 5.32 Å². The van der Waals surface area contributed by atoms with Crippen molar-refractivity contribution in [3.63, 3.8) is 0 Å². The summed E-state index contributed by atoms with van der Waals surface area (Å²) in [6, 6.07) is 17.7. The van der Waals surface area contributed by atoms with Crippen molar-refractivity contribution in [3.05, 3.63) is 65.7 Å². The molecular formula is C19H23NO. The highest BCUT2D eigenvalue weighted by atomic mass is 16.1. The van der Waals surface area contributed by atoms with E-state index >= 15 is 0 Å². The summed E-state index contributed by atoms with van der Waals surface area (Å²) in [5, 5.41) is 3.53. The van der Waals surface area contributed by atoms with Gasteiger partial charge in [-0.25, -0.2) is 0 Å². The predicted octanol–water partition coefficient (Wildman–Crippen LogP) is 4.91. The fraction of sp³-hybridized carbons (Fsp3) is 0.316. The van der Waals surface area contributed by atoms with Crippen LogP contribution in [-0.2, 0) is 0 Å². The lowest BCUT2D eigenvalue weighted by Crippen LogP contribution is -2.20. The number of hydrogen-bond donors (Lipinski definition) is 1. The minimum absolute atomic E-state index is 0.0741. The number of nitrogens with one attached hydrogen (secondary N) is 1. The van der Waals surface area contributed by atoms with E-state index in [0.29, 0.717) is 6.04 Å². The molecule has 2 rings (SSSR count). The van der Waals surface area contributed by atoms with Crippen molar-refractivity contribution in [2.45, 2.75) is 39.2 Å². The second kappa shape index (κ2) is 7.63. The van der Waals surface area contributed by atoms with Gasteiger partial charge in [0.15, 0.2) is 5.78 Å². The molecular weight excluding hydrogens is 258 g/mol. The van der Waals surface area contributed by atoms with Crippen LogP contribution in [0.1, 0.15) is 49.0 Å². The van der Waals surface area contributed by atoms with Crippen molar-refractivity contribution < 1.29 is 4.79 Å². The summed E-state index contributed by atoms with van der Waals surface area (Å²) in [5.41, 5.74) is 2.42. The number of benzene rings is 2. The van der Waals surface area contributed by atoms with E-state index in [2.05, 4.69) is 19.2 Å². The van der Waals surface area contributed by atoms with Crippen LogP contribution in [0, 0.1) is 0 Å². The van der Waals surface area contributed by atoms with E-state index in [4.69, 9.17) is 0 Å². The number of rotatable bonds is 7. The lowest BCUT2D eigenvalue weighted by Gasteiger charge is -2.19. The summed E-state index contributed by atoms with van der Waals surface area (Å²) in [7, 11) is 0.